The molecule has 1 unspecified atom stereocenters. The van der Waals surface area contributed by atoms with Crippen molar-refractivity contribution in [1.82, 2.24) is 4.31 Å². The van der Waals surface area contributed by atoms with Crippen molar-refractivity contribution in [2.24, 2.45) is 0 Å². The van der Waals surface area contributed by atoms with E-state index in [0.29, 0.717) is 18.9 Å². The Hall–Kier alpha value is -1.05. The smallest absolute Gasteiger partial charge is 0.243 e. The summed E-state index contributed by atoms with van der Waals surface area (Å²) in [6.07, 6.45) is 0.328. The van der Waals surface area contributed by atoms with Crippen molar-refractivity contribution >= 4 is 10.0 Å². The largest absolute Gasteiger partial charge is 0.392 e. The number of benzene rings is 1. The highest BCUT2D eigenvalue weighted by atomic mass is 32.2. The van der Waals surface area contributed by atoms with Crippen LogP contribution in [0.4, 0.5) is 8.78 Å². The minimum atomic E-state index is -3.95. The van der Waals surface area contributed by atoms with E-state index >= 15 is 0 Å². The van der Waals surface area contributed by atoms with E-state index in [2.05, 4.69) is 0 Å². The summed E-state index contributed by atoms with van der Waals surface area (Å²) in [7, 11) is -3.95. The van der Waals surface area contributed by atoms with Gasteiger partial charge in [-0.05, 0) is 25.0 Å². The predicted molar refractivity (Wildman–Crippen MR) is 60.4 cm³/mol. The second-order valence-electron chi connectivity index (χ2n) is 4.26. The minimum Gasteiger partial charge on any atom is -0.392 e. The number of aliphatic hydroxyl groups is 1. The fourth-order valence-electron chi connectivity index (χ4n) is 1.97. The first kappa shape index (κ1) is 13.4. The third kappa shape index (κ3) is 2.68. The van der Waals surface area contributed by atoms with Crippen LogP contribution in [0.5, 0.6) is 0 Å². The number of sulfonamides is 1. The number of nitrogens with zero attached hydrogens (tertiary/aromatic N) is 1. The van der Waals surface area contributed by atoms with Gasteiger partial charge in [0, 0.05) is 19.2 Å². The highest BCUT2D eigenvalue weighted by molar-refractivity contribution is 7.89. The Labute approximate surface area is 104 Å². The van der Waals surface area contributed by atoms with Crippen LogP contribution in [0.25, 0.3) is 0 Å². The Morgan fingerprint density at radius 3 is 2.39 bits per heavy atom. The zero-order chi connectivity index (χ0) is 13.3. The van der Waals surface area contributed by atoms with Crippen molar-refractivity contribution in [3.8, 4) is 0 Å². The Kier molecular flexibility index (Phi) is 3.65. The van der Waals surface area contributed by atoms with E-state index < -0.39 is 32.7 Å². The van der Waals surface area contributed by atoms with E-state index in [1.807, 2.05) is 0 Å². The van der Waals surface area contributed by atoms with Gasteiger partial charge in [0.05, 0.1) is 11.0 Å². The van der Waals surface area contributed by atoms with E-state index in [4.69, 9.17) is 0 Å². The van der Waals surface area contributed by atoms with Crippen LogP contribution >= 0.6 is 0 Å². The van der Waals surface area contributed by atoms with Gasteiger partial charge in [-0.2, -0.15) is 4.31 Å². The molecule has 4 nitrogen and oxygen atoms in total. The maximum atomic E-state index is 13.0. The molecule has 0 amide bonds. The topological polar surface area (TPSA) is 57.6 Å². The molecule has 1 aromatic rings. The summed E-state index contributed by atoms with van der Waals surface area (Å²) in [6.45, 7) is 0.206. The number of halogens is 2. The summed E-state index contributed by atoms with van der Waals surface area (Å²) in [5.41, 5.74) is 0. The van der Waals surface area contributed by atoms with Crippen molar-refractivity contribution in [3.05, 3.63) is 29.8 Å². The minimum absolute atomic E-state index is 0.0412. The zero-order valence-electron chi connectivity index (χ0n) is 9.51. The number of β-amino-alcohol motifs (C(OH)–C–C–N with tert-alkyl or cyclic N) is 1. The second kappa shape index (κ2) is 4.91. The molecule has 7 heteroatoms. The van der Waals surface area contributed by atoms with Crippen molar-refractivity contribution in [2.45, 2.75) is 23.8 Å². The van der Waals surface area contributed by atoms with Crippen molar-refractivity contribution in [1.29, 1.82) is 0 Å². The van der Waals surface area contributed by atoms with Crippen LogP contribution in [0.15, 0.2) is 23.1 Å². The first-order valence-electron chi connectivity index (χ1n) is 5.54. The number of hydrogen-bond acceptors (Lipinski definition) is 3. The number of aliphatic hydroxyl groups excluding tert-OH is 1. The molecule has 0 aromatic heterocycles. The van der Waals surface area contributed by atoms with Gasteiger partial charge in [-0.15, -0.1) is 0 Å². The molecule has 1 N–H and O–H groups in total. The Morgan fingerprint density at radius 1 is 1.22 bits per heavy atom. The molecule has 1 aromatic carbocycles. The third-order valence-corrected chi connectivity index (χ3v) is 4.68. The quantitative estimate of drug-likeness (QED) is 0.881. The highest BCUT2D eigenvalue weighted by Crippen LogP contribution is 2.22. The zero-order valence-corrected chi connectivity index (χ0v) is 10.3. The van der Waals surface area contributed by atoms with E-state index in [0.717, 1.165) is 16.4 Å². The summed E-state index contributed by atoms with van der Waals surface area (Å²) < 4.78 is 51.3. The van der Waals surface area contributed by atoms with Gasteiger partial charge >= 0.3 is 0 Å². The van der Waals surface area contributed by atoms with Gasteiger partial charge in [-0.25, -0.2) is 17.2 Å². The normalized spacial score (nSPS) is 22.1. The molecule has 100 valence electrons. The molecule has 0 saturated carbocycles. The van der Waals surface area contributed by atoms with Crippen LogP contribution in [-0.4, -0.2) is 37.0 Å². The molecular formula is C11H13F2NO3S. The van der Waals surface area contributed by atoms with Gasteiger partial charge in [-0.1, -0.05) is 0 Å². The average molecular weight is 277 g/mol. The van der Waals surface area contributed by atoms with Crippen molar-refractivity contribution < 1.29 is 22.3 Å². The molecule has 1 fully saturated rings. The Morgan fingerprint density at radius 2 is 1.83 bits per heavy atom. The maximum Gasteiger partial charge on any atom is 0.243 e. The molecule has 0 aliphatic carbocycles. The summed E-state index contributed by atoms with van der Waals surface area (Å²) in [5, 5.41) is 9.44. The van der Waals surface area contributed by atoms with Gasteiger partial charge in [-0.3, -0.25) is 0 Å². The summed E-state index contributed by atoms with van der Waals surface area (Å²) in [5.74, 6) is -1.88. The number of hydrogen-bond donors (Lipinski definition) is 1. The van der Waals surface area contributed by atoms with E-state index in [-0.39, 0.29) is 13.1 Å². The molecule has 1 aliphatic rings. The van der Waals surface area contributed by atoms with Crippen LogP contribution in [0.3, 0.4) is 0 Å². The Balaban J connectivity index is 2.35. The fourth-order valence-corrected chi connectivity index (χ4v) is 3.52. The molecule has 1 atom stereocenters. The molecule has 2 rings (SSSR count). The fraction of sp³-hybridized carbons (Fsp3) is 0.455. The molecule has 1 heterocycles. The summed E-state index contributed by atoms with van der Waals surface area (Å²) in [6, 6.07) is 2.17. The van der Waals surface area contributed by atoms with E-state index in [1.54, 1.807) is 0 Å². The van der Waals surface area contributed by atoms with Crippen LogP contribution in [0.1, 0.15) is 12.8 Å². The van der Waals surface area contributed by atoms with Gasteiger partial charge < -0.3 is 5.11 Å². The van der Waals surface area contributed by atoms with Crippen LogP contribution in [0.2, 0.25) is 0 Å². The number of piperidine rings is 1. The molecule has 0 spiro atoms. The van der Waals surface area contributed by atoms with Crippen LogP contribution in [0, 0.1) is 11.6 Å². The molecule has 18 heavy (non-hydrogen) atoms. The lowest BCUT2D eigenvalue weighted by atomic mass is 10.1. The second-order valence-corrected chi connectivity index (χ2v) is 6.20. The summed E-state index contributed by atoms with van der Waals surface area (Å²) >= 11 is 0. The first-order chi connectivity index (χ1) is 8.39. The molecule has 1 saturated heterocycles. The molecule has 0 bridgehead atoms. The SMILES string of the molecule is O=S(=O)(c1cc(F)cc(F)c1)N1CCCC(O)C1. The average Bonchev–Trinajstić information content (AvgIpc) is 2.27. The van der Waals surface area contributed by atoms with Crippen molar-refractivity contribution in [2.75, 3.05) is 13.1 Å². The first-order valence-corrected chi connectivity index (χ1v) is 6.98. The van der Waals surface area contributed by atoms with E-state index in [1.165, 1.54) is 0 Å². The van der Waals surface area contributed by atoms with Crippen LogP contribution < -0.4 is 0 Å². The molecule has 0 radical (unpaired) electrons. The van der Waals surface area contributed by atoms with Crippen LogP contribution in [-0.2, 0) is 10.0 Å². The number of rotatable bonds is 2. The van der Waals surface area contributed by atoms with E-state index in [9.17, 15) is 22.3 Å². The van der Waals surface area contributed by atoms with Gasteiger partial charge in [0.1, 0.15) is 11.6 Å². The van der Waals surface area contributed by atoms with Crippen molar-refractivity contribution in [3.63, 3.8) is 0 Å². The standard InChI is InChI=1S/C11H13F2NO3S/c12-8-4-9(13)6-11(5-8)18(16,17)14-3-1-2-10(15)7-14/h4-6,10,15H,1-3,7H2. The molecular weight excluding hydrogens is 264 g/mol. The highest BCUT2D eigenvalue weighted by Gasteiger charge is 2.30. The molecule has 1 aliphatic heterocycles. The third-order valence-electron chi connectivity index (χ3n) is 2.83. The Bertz CT molecular complexity index is 527. The lowest BCUT2D eigenvalue weighted by molar-refractivity contribution is 0.108. The monoisotopic (exact) mass is 277 g/mol. The van der Waals surface area contributed by atoms with Gasteiger partial charge in [0.15, 0.2) is 0 Å². The lowest BCUT2D eigenvalue weighted by Crippen LogP contribution is -2.42. The predicted octanol–water partition coefficient (Wildman–Crippen LogP) is 1.11. The van der Waals surface area contributed by atoms with Gasteiger partial charge in [0.25, 0.3) is 0 Å². The maximum absolute atomic E-state index is 13.0. The lowest BCUT2D eigenvalue weighted by Gasteiger charge is -2.29. The van der Waals surface area contributed by atoms with Gasteiger partial charge in [0.2, 0.25) is 10.0 Å². The summed E-state index contributed by atoms with van der Waals surface area (Å²) in [4.78, 5) is -0.422.